The van der Waals surface area contributed by atoms with Gasteiger partial charge in [0.05, 0.1) is 12.7 Å². The van der Waals surface area contributed by atoms with Gasteiger partial charge in [0, 0.05) is 11.1 Å². The summed E-state index contributed by atoms with van der Waals surface area (Å²) in [6.07, 6.45) is -4.38. The molecule has 0 saturated heterocycles. The highest BCUT2D eigenvalue weighted by molar-refractivity contribution is 6.09. The van der Waals surface area contributed by atoms with Crippen LogP contribution in [-0.2, 0) is 6.18 Å². The number of hydrogen-bond acceptors (Lipinski definition) is 2. The molecule has 5 heteroatoms. The second-order valence-corrected chi connectivity index (χ2v) is 4.38. The van der Waals surface area contributed by atoms with Crippen LogP contribution in [0.5, 0.6) is 5.75 Å². The van der Waals surface area contributed by atoms with E-state index in [1.54, 1.807) is 24.3 Å². The predicted octanol–water partition coefficient (Wildman–Crippen LogP) is 3.95. The Balaban J connectivity index is 2.13. The van der Waals surface area contributed by atoms with Crippen molar-refractivity contribution in [1.29, 1.82) is 0 Å². The molecule has 112 valence electrons. The SMILES string of the molecule is COc1ccc(C(=O)C#Cc2ccc(C(F)(F)F)cc2)cc1. The Morgan fingerprint density at radius 1 is 1.00 bits per heavy atom. The zero-order valence-corrected chi connectivity index (χ0v) is 11.6. The highest BCUT2D eigenvalue weighted by atomic mass is 19.4. The van der Waals surface area contributed by atoms with Gasteiger partial charge < -0.3 is 4.74 Å². The first-order chi connectivity index (χ1) is 10.4. The lowest BCUT2D eigenvalue weighted by molar-refractivity contribution is -0.137. The minimum absolute atomic E-state index is 0.342. The second kappa shape index (κ2) is 6.35. The summed E-state index contributed by atoms with van der Waals surface area (Å²) < 4.78 is 42.2. The fraction of sp³-hybridized carbons (Fsp3) is 0.118. The van der Waals surface area contributed by atoms with E-state index in [0.29, 0.717) is 16.9 Å². The van der Waals surface area contributed by atoms with Gasteiger partial charge in [-0.25, -0.2) is 0 Å². The first-order valence-electron chi connectivity index (χ1n) is 6.28. The third-order valence-electron chi connectivity index (χ3n) is 2.88. The molecule has 2 aromatic rings. The average Bonchev–Trinajstić information content (AvgIpc) is 2.52. The largest absolute Gasteiger partial charge is 0.497 e. The molecule has 0 radical (unpaired) electrons. The van der Waals surface area contributed by atoms with E-state index in [4.69, 9.17) is 4.74 Å². The number of alkyl halides is 3. The van der Waals surface area contributed by atoms with E-state index in [1.807, 2.05) is 0 Å². The Hall–Kier alpha value is -2.74. The number of halogens is 3. The number of ketones is 1. The fourth-order valence-corrected chi connectivity index (χ4v) is 1.69. The molecule has 22 heavy (non-hydrogen) atoms. The van der Waals surface area contributed by atoms with E-state index in [1.165, 1.54) is 19.2 Å². The number of methoxy groups -OCH3 is 1. The van der Waals surface area contributed by atoms with Crippen molar-refractivity contribution >= 4 is 5.78 Å². The number of benzene rings is 2. The van der Waals surface area contributed by atoms with Gasteiger partial charge in [0.2, 0.25) is 5.78 Å². The minimum atomic E-state index is -4.38. The van der Waals surface area contributed by atoms with E-state index < -0.39 is 17.5 Å². The van der Waals surface area contributed by atoms with Crippen molar-refractivity contribution in [2.75, 3.05) is 7.11 Å². The number of hydrogen-bond donors (Lipinski definition) is 0. The summed E-state index contributed by atoms with van der Waals surface area (Å²) in [7, 11) is 1.52. The molecule has 0 aromatic heterocycles. The highest BCUT2D eigenvalue weighted by Gasteiger charge is 2.29. The Morgan fingerprint density at radius 2 is 1.59 bits per heavy atom. The quantitative estimate of drug-likeness (QED) is 0.620. The molecular weight excluding hydrogens is 293 g/mol. The molecule has 0 amide bonds. The molecule has 0 aliphatic rings. The minimum Gasteiger partial charge on any atom is -0.497 e. The van der Waals surface area contributed by atoms with Crippen molar-refractivity contribution in [3.63, 3.8) is 0 Å². The van der Waals surface area contributed by atoms with Crippen molar-refractivity contribution < 1.29 is 22.7 Å². The van der Waals surface area contributed by atoms with Gasteiger partial charge >= 0.3 is 6.18 Å². The molecule has 0 fully saturated rings. The van der Waals surface area contributed by atoms with Crippen LogP contribution >= 0.6 is 0 Å². The summed E-state index contributed by atoms with van der Waals surface area (Å²) in [5.41, 5.74) is -0.0189. The molecule has 0 heterocycles. The Bertz CT molecular complexity index is 718. The molecule has 2 nitrogen and oxygen atoms in total. The second-order valence-electron chi connectivity index (χ2n) is 4.38. The Labute approximate surface area is 125 Å². The lowest BCUT2D eigenvalue weighted by Gasteiger charge is -2.05. The summed E-state index contributed by atoms with van der Waals surface area (Å²) >= 11 is 0. The molecule has 0 saturated carbocycles. The number of rotatable bonds is 2. The van der Waals surface area contributed by atoms with Crippen LogP contribution in [0.1, 0.15) is 21.5 Å². The summed E-state index contributed by atoms with van der Waals surface area (Å²) in [6.45, 7) is 0. The van der Waals surface area contributed by atoms with Crippen LogP contribution in [0, 0.1) is 11.8 Å². The van der Waals surface area contributed by atoms with E-state index >= 15 is 0 Å². The van der Waals surface area contributed by atoms with Crippen LogP contribution in [0.3, 0.4) is 0 Å². The van der Waals surface area contributed by atoms with Crippen LogP contribution in [0.25, 0.3) is 0 Å². The van der Waals surface area contributed by atoms with E-state index in [0.717, 1.165) is 12.1 Å². The molecule has 0 aliphatic carbocycles. The van der Waals surface area contributed by atoms with Gasteiger partial charge in [-0.3, -0.25) is 4.79 Å². The first-order valence-corrected chi connectivity index (χ1v) is 6.28. The van der Waals surface area contributed by atoms with Crippen LogP contribution in [-0.4, -0.2) is 12.9 Å². The number of Topliss-reactive ketones (excluding diaryl/α,β-unsaturated/α-hetero) is 1. The van der Waals surface area contributed by atoms with E-state index in [9.17, 15) is 18.0 Å². The van der Waals surface area contributed by atoms with Crippen molar-refractivity contribution in [3.05, 3.63) is 65.2 Å². The summed E-state index contributed by atoms with van der Waals surface area (Å²) in [5, 5.41) is 0. The van der Waals surface area contributed by atoms with E-state index in [-0.39, 0.29) is 0 Å². The standard InChI is InChI=1S/C17H11F3O2/c1-22-15-9-5-13(6-10-15)16(21)11-4-12-2-7-14(8-3-12)17(18,19)20/h2-3,5-10H,1H3. The van der Waals surface area contributed by atoms with Crippen LogP contribution in [0.2, 0.25) is 0 Å². The monoisotopic (exact) mass is 304 g/mol. The Morgan fingerprint density at radius 3 is 2.09 bits per heavy atom. The first kappa shape index (κ1) is 15.6. The molecule has 0 unspecified atom stereocenters. The van der Waals surface area contributed by atoms with Crippen LogP contribution in [0.15, 0.2) is 48.5 Å². The van der Waals surface area contributed by atoms with Gasteiger partial charge in [-0.1, -0.05) is 5.92 Å². The van der Waals surface area contributed by atoms with Gasteiger partial charge in [0.25, 0.3) is 0 Å². The predicted molar refractivity (Wildman–Crippen MR) is 75.6 cm³/mol. The van der Waals surface area contributed by atoms with Gasteiger partial charge in [-0.05, 0) is 54.5 Å². The summed E-state index contributed by atoms with van der Waals surface area (Å²) in [6, 6.07) is 10.7. The third kappa shape index (κ3) is 3.89. The molecule has 0 atom stereocenters. The van der Waals surface area contributed by atoms with Crippen molar-refractivity contribution in [1.82, 2.24) is 0 Å². The van der Waals surface area contributed by atoms with Crippen molar-refractivity contribution in [2.24, 2.45) is 0 Å². The fourth-order valence-electron chi connectivity index (χ4n) is 1.69. The maximum absolute atomic E-state index is 12.4. The van der Waals surface area contributed by atoms with Gasteiger partial charge in [-0.15, -0.1) is 0 Å². The lowest BCUT2D eigenvalue weighted by Crippen LogP contribution is -2.04. The summed E-state index contributed by atoms with van der Waals surface area (Å²) in [5.74, 6) is 5.16. The van der Waals surface area contributed by atoms with Gasteiger partial charge in [0.15, 0.2) is 0 Å². The molecule has 0 N–H and O–H groups in total. The average molecular weight is 304 g/mol. The molecule has 2 aromatic carbocycles. The van der Waals surface area contributed by atoms with E-state index in [2.05, 4.69) is 11.8 Å². The number of carbonyl (C=O) groups is 1. The van der Waals surface area contributed by atoms with Crippen molar-refractivity contribution in [3.8, 4) is 17.6 Å². The zero-order chi connectivity index (χ0) is 16.2. The van der Waals surface area contributed by atoms with Gasteiger partial charge in [0.1, 0.15) is 5.75 Å². The zero-order valence-electron chi connectivity index (χ0n) is 11.6. The molecule has 0 aliphatic heterocycles. The smallest absolute Gasteiger partial charge is 0.416 e. The Kier molecular flexibility index (Phi) is 4.52. The number of ether oxygens (including phenoxy) is 1. The summed E-state index contributed by atoms with van der Waals surface area (Å²) in [4.78, 5) is 11.8. The highest BCUT2D eigenvalue weighted by Crippen LogP contribution is 2.28. The molecule has 0 spiro atoms. The van der Waals surface area contributed by atoms with Crippen LogP contribution in [0.4, 0.5) is 13.2 Å². The third-order valence-corrected chi connectivity index (χ3v) is 2.88. The molecule has 0 bridgehead atoms. The number of carbonyl (C=O) groups excluding carboxylic acids is 1. The van der Waals surface area contributed by atoms with Gasteiger partial charge in [-0.2, -0.15) is 13.2 Å². The topological polar surface area (TPSA) is 26.3 Å². The normalized spacial score (nSPS) is 10.5. The molecule has 2 rings (SSSR count). The lowest BCUT2D eigenvalue weighted by atomic mass is 10.1. The molecular formula is C17H11F3O2. The maximum Gasteiger partial charge on any atom is 0.416 e. The maximum atomic E-state index is 12.4. The van der Waals surface area contributed by atoms with Crippen LogP contribution < -0.4 is 4.74 Å². The van der Waals surface area contributed by atoms with Crippen molar-refractivity contribution in [2.45, 2.75) is 6.18 Å².